The Morgan fingerprint density at radius 1 is 1.11 bits per heavy atom. The highest BCUT2D eigenvalue weighted by atomic mass is 16.6. The van der Waals surface area contributed by atoms with Crippen LogP contribution in [-0.4, -0.2) is 64.4 Å². The topological polar surface area (TPSA) is 116 Å². The van der Waals surface area contributed by atoms with Crippen molar-refractivity contribution in [2.45, 2.75) is 51.6 Å². The lowest BCUT2D eigenvalue weighted by atomic mass is 9.90. The zero-order chi connectivity index (χ0) is 26.4. The molecule has 0 saturated heterocycles. The fourth-order valence-electron chi connectivity index (χ4n) is 4.52. The molecular formula is C28H35N5O4. The molecule has 1 aliphatic heterocycles. The van der Waals surface area contributed by atoms with Gasteiger partial charge in [0.1, 0.15) is 5.60 Å². The molecule has 1 aromatic heterocycles. The molecule has 196 valence electrons. The van der Waals surface area contributed by atoms with Crippen LogP contribution in [0.4, 0.5) is 5.95 Å². The van der Waals surface area contributed by atoms with Crippen molar-refractivity contribution in [1.82, 2.24) is 20.2 Å². The first-order chi connectivity index (χ1) is 17.7. The van der Waals surface area contributed by atoms with E-state index >= 15 is 0 Å². The second-order valence-electron chi connectivity index (χ2n) is 10.3. The van der Waals surface area contributed by atoms with Crippen molar-refractivity contribution in [3.8, 4) is 0 Å². The number of aromatic nitrogens is 2. The van der Waals surface area contributed by atoms with Crippen molar-refractivity contribution >= 4 is 34.8 Å². The summed E-state index contributed by atoms with van der Waals surface area (Å²) in [6.45, 7) is 7.00. The Morgan fingerprint density at radius 2 is 1.86 bits per heavy atom. The molecule has 4 rings (SSSR count). The van der Waals surface area contributed by atoms with Gasteiger partial charge in [-0.25, -0.2) is 4.98 Å². The lowest BCUT2D eigenvalue weighted by Gasteiger charge is -2.22. The van der Waals surface area contributed by atoms with Gasteiger partial charge < -0.3 is 25.3 Å². The van der Waals surface area contributed by atoms with Gasteiger partial charge in [0.2, 0.25) is 11.9 Å². The third kappa shape index (κ3) is 7.09. The maximum absolute atomic E-state index is 13.2. The van der Waals surface area contributed by atoms with Crippen molar-refractivity contribution in [2.75, 3.05) is 31.5 Å². The van der Waals surface area contributed by atoms with Gasteiger partial charge in [-0.3, -0.25) is 14.4 Å². The van der Waals surface area contributed by atoms with Gasteiger partial charge in [-0.2, -0.15) is 0 Å². The highest BCUT2D eigenvalue weighted by Gasteiger charge is 2.31. The number of anilines is 1. The Balaban J connectivity index is 1.27. The summed E-state index contributed by atoms with van der Waals surface area (Å²) in [5, 5.41) is 6.13. The first kappa shape index (κ1) is 26.2. The van der Waals surface area contributed by atoms with E-state index in [1.54, 1.807) is 17.0 Å². The van der Waals surface area contributed by atoms with E-state index in [2.05, 4.69) is 20.6 Å². The van der Waals surface area contributed by atoms with Gasteiger partial charge in [0.05, 0.1) is 24.0 Å². The average Bonchev–Trinajstić information content (AvgIpc) is 3.21. The van der Waals surface area contributed by atoms with Crippen molar-refractivity contribution < 1.29 is 19.1 Å². The molecule has 3 aromatic rings. The fraction of sp³-hybridized carbons (Fsp3) is 0.429. The van der Waals surface area contributed by atoms with E-state index in [0.717, 1.165) is 16.6 Å². The highest BCUT2D eigenvalue weighted by molar-refractivity contribution is 5.98. The van der Waals surface area contributed by atoms with Gasteiger partial charge in [0, 0.05) is 25.2 Å². The summed E-state index contributed by atoms with van der Waals surface area (Å²) in [5.41, 5.74) is 2.67. The third-order valence-electron chi connectivity index (χ3n) is 6.19. The predicted molar refractivity (Wildman–Crippen MR) is 142 cm³/mol. The van der Waals surface area contributed by atoms with E-state index in [9.17, 15) is 14.4 Å². The zero-order valence-corrected chi connectivity index (χ0v) is 21.7. The molecule has 0 fully saturated rings. The van der Waals surface area contributed by atoms with Gasteiger partial charge in [-0.15, -0.1) is 0 Å². The SMILES string of the molecule is CC(C)(C)OC(=O)CC1CCN(CC(=O)NCCCNc2nc3ccccc3[nH]2)C(=O)c2ccccc21. The molecule has 1 unspecified atom stereocenters. The van der Waals surface area contributed by atoms with Crippen LogP contribution in [0.3, 0.4) is 0 Å². The minimum absolute atomic E-state index is 0.0245. The zero-order valence-electron chi connectivity index (χ0n) is 21.7. The molecule has 1 aliphatic rings. The molecule has 9 nitrogen and oxygen atoms in total. The van der Waals surface area contributed by atoms with Gasteiger partial charge in [-0.1, -0.05) is 30.3 Å². The number of imidazole rings is 1. The number of H-pyrrole nitrogens is 1. The van der Waals surface area contributed by atoms with E-state index in [-0.39, 0.29) is 36.7 Å². The Labute approximate surface area is 217 Å². The molecule has 2 heterocycles. The van der Waals surface area contributed by atoms with E-state index in [4.69, 9.17) is 4.74 Å². The number of hydrogen-bond donors (Lipinski definition) is 3. The number of nitrogens with zero attached hydrogens (tertiary/aromatic N) is 2. The molecule has 0 spiro atoms. The van der Waals surface area contributed by atoms with Gasteiger partial charge in [0.15, 0.2) is 0 Å². The van der Waals surface area contributed by atoms with Crippen molar-refractivity contribution in [3.05, 3.63) is 59.7 Å². The smallest absolute Gasteiger partial charge is 0.306 e. The van der Waals surface area contributed by atoms with E-state index in [1.165, 1.54) is 0 Å². The second-order valence-corrected chi connectivity index (χ2v) is 10.3. The van der Waals surface area contributed by atoms with Crippen LogP contribution in [0.1, 0.15) is 61.9 Å². The minimum atomic E-state index is -0.567. The normalized spacial score (nSPS) is 15.7. The molecule has 37 heavy (non-hydrogen) atoms. The summed E-state index contributed by atoms with van der Waals surface area (Å²) < 4.78 is 5.51. The summed E-state index contributed by atoms with van der Waals surface area (Å²) in [7, 11) is 0. The minimum Gasteiger partial charge on any atom is -0.460 e. The Kier molecular flexibility index (Phi) is 8.11. The van der Waals surface area contributed by atoms with Crippen LogP contribution in [0.5, 0.6) is 0 Å². The van der Waals surface area contributed by atoms with Crippen molar-refractivity contribution in [1.29, 1.82) is 0 Å². The van der Waals surface area contributed by atoms with Crippen molar-refractivity contribution in [2.24, 2.45) is 0 Å². The summed E-state index contributed by atoms with van der Waals surface area (Å²) >= 11 is 0. The Bertz CT molecular complexity index is 1230. The Morgan fingerprint density at radius 3 is 2.65 bits per heavy atom. The third-order valence-corrected chi connectivity index (χ3v) is 6.19. The largest absolute Gasteiger partial charge is 0.460 e. The number of carbonyl (C=O) groups excluding carboxylic acids is 3. The summed E-state index contributed by atoms with van der Waals surface area (Å²) in [4.78, 5) is 47.6. The molecular weight excluding hydrogens is 470 g/mol. The van der Waals surface area contributed by atoms with Crippen LogP contribution < -0.4 is 10.6 Å². The van der Waals surface area contributed by atoms with E-state index in [1.807, 2.05) is 57.2 Å². The maximum atomic E-state index is 13.2. The number of aromatic amines is 1. The molecule has 2 amide bonds. The highest BCUT2D eigenvalue weighted by Crippen LogP contribution is 2.32. The lowest BCUT2D eigenvalue weighted by Crippen LogP contribution is -2.41. The van der Waals surface area contributed by atoms with Crippen LogP contribution in [0.15, 0.2) is 48.5 Å². The van der Waals surface area contributed by atoms with Gasteiger partial charge in [0.25, 0.3) is 5.91 Å². The first-order valence-electron chi connectivity index (χ1n) is 12.7. The number of carbonyl (C=O) groups is 3. The predicted octanol–water partition coefficient (Wildman–Crippen LogP) is 3.84. The average molecular weight is 506 g/mol. The molecule has 9 heteroatoms. The lowest BCUT2D eigenvalue weighted by molar-refractivity contribution is -0.155. The van der Waals surface area contributed by atoms with Gasteiger partial charge in [-0.05, 0) is 63.3 Å². The second kappa shape index (κ2) is 11.5. The number of benzene rings is 2. The van der Waals surface area contributed by atoms with Crippen LogP contribution in [0.25, 0.3) is 11.0 Å². The fourth-order valence-corrected chi connectivity index (χ4v) is 4.52. The van der Waals surface area contributed by atoms with E-state index < -0.39 is 5.60 Å². The molecule has 2 aromatic carbocycles. The molecule has 0 bridgehead atoms. The molecule has 0 aliphatic carbocycles. The van der Waals surface area contributed by atoms with E-state index in [0.29, 0.717) is 44.0 Å². The van der Waals surface area contributed by atoms with Crippen LogP contribution in [-0.2, 0) is 14.3 Å². The first-order valence-corrected chi connectivity index (χ1v) is 12.7. The standard InChI is InChI=1S/C28H35N5O4/c1-28(2,3)37-25(35)17-19-13-16-33(26(36)21-10-5-4-9-20(19)21)18-24(34)29-14-8-15-30-27-31-22-11-6-7-12-23(22)32-27/h4-7,9-12,19H,8,13-18H2,1-3H3,(H,29,34)(H2,30,31,32). The monoisotopic (exact) mass is 505 g/mol. The molecule has 3 N–H and O–H groups in total. The quantitative estimate of drug-likeness (QED) is 0.301. The molecule has 0 radical (unpaired) electrons. The summed E-state index contributed by atoms with van der Waals surface area (Å²) in [6.07, 6.45) is 1.48. The number of amides is 2. The summed E-state index contributed by atoms with van der Waals surface area (Å²) in [6, 6.07) is 15.1. The number of rotatable bonds is 9. The number of ether oxygens (including phenoxy) is 1. The van der Waals surface area contributed by atoms with Crippen LogP contribution >= 0.6 is 0 Å². The number of hydrogen-bond acceptors (Lipinski definition) is 6. The maximum Gasteiger partial charge on any atom is 0.306 e. The number of nitrogens with one attached hydrogen (secondary N) is 3. The Hall–Kier alpha value is -3.88. The molecule has 0 saturated carbocycles. The molecule has 1 atom stereocenters. The van der Waals surface area contributed by atoms with Crippen LogP contribution in [0.2, 0.25) is 0 Å². The summed E-state index contributed by atoms with van der Waals surface area (Å²) in [5.74, 6) is -0.138. The number of para-hydroxylation sites is 2. The van der Waals surface area contributed by atoms with Crippen molar-refractivity contribution in [3.63, 3.8) is 0 Å². The number of esters is 1. The van der Waals surface area contributed by atoms with Gasteiger partial charge >= 0.3 is 5.97 Å². The number of fused-ring (bicyclic) bond motifs is 2. The van der Waals surface area contributed by atoms with Crippen LogP contribution in [0, 0.1) is 0 Å².